The molecule has 2 rings (SSSR count). The van der Waals surface area contributed by atoms with Gasteiger partial charge in [-0.15, -0.1) is 0 Å². The third kappa shape index (κ3) is 2.79. The van der Waals surface area contributed by atoms with Crippen LogP contribution < -0.4 is 5.32 Å². The normalized spacial score (nSPS) is 12.0. The van der Waals surface area contributed by atoms with Crippen LogP contribution in [0.3, 0.4) is 0 Å². The van der Waals surface area contributed by atoms with E-state index in [2.05, 4.69) is 15.0 Å². The second kappa shape index (κ2) is 5.73. The van der Waals surface area contributed by atoms with Gasteiger partial charge in [0, 0.05) is 25.1 Å². The molecule has 0 bridgehead atoms. The van der Waals surface area contributed by atoms with Gasteiger partial charge in [-0.3, -0.25) is 0 Å². The highest BCUT2D eigenvalue weighted by atomic mass is 19.1. The molecule has 0 saturated heterocycles. The fourth-order valence-electron chi connectivity index (χ4n) is 2.01. The predicted molar refractivity (Wildman–Crippen MR) is 73.0 cm³/mol. The number of ether oxygens (including phenoxy) is 1. The number of hydrogen-bond donors (Lipinski definition) is 1. The minimum atomic E-state index is -0.584. The standard InChI is InChI=1S/C14H16FN3O2/c1-9(13-16-6-7-18(13)2)17-12-5-4-10(15)8-11(12)14(19)20-3/h4-9,17H,1-3H3. The van der Waals surface area contributed by atoms with E-state index in [1.165, 1.54) is 19.2 Å². The van der Waals surface area contributed by atoms with Crippen molar-refractivity contribution in [1.82, 2.24) is 9.55 Å². The summed E-state index contributed by atoms with van der Waals surface area (Å²) in [5, 5.41) is 3.15. The Hall–Kier alpha value is -2.37. The van der Waals surface area contributed by atoms with Crippen LogP contribution in [-0.4, -0.2) is 22.6 Å². The van der Waals surface area contributed by atoms with Crippen LogP contribution in [0.1, 0.15) is 29.1 Å². The van der Waals surface area contributed by atoms with Crippen LogP contribution in [0.2, 0.25) is 0 Å². The van der Waals surface area contributed by atoms with Crippen molar-refractivity contribution in [2.75, 3.05) is 12.4 Å². The van der Waals surface area contributed by atoms with E-state index >= 15 is 0 Å². The van der Waals surface area contributed by atoms with Crippen molar-refractivity contribution >= 4 is 11.7 Å². The lowest BCUT2D eigenvalue weighted by molar-refractivity contribution is 0.0601. The average molecular weight is 277 g/mol. The average Bonchev–Trinajstić information content (AvgIpc) is 2.86. The molecule has 1 N–H and O–H groups in total. The van der Waals surface area contributed by atoms with Crippen LogP contribution in [0.4, 0.5) is 10.1 Å². The molecule has 1 aromatic carbocycles. The van der Waals surface area contributed by atoms with Gasteiger partial charge < -0.3 is 14.6 Å². The summed E-state index contributed by atoms with van der Waals surface area (Å²) in [7, 11) is 3.14. The minimum Gasteiger partial charge on any atom is -0.465 e. The van der Waals surface area contributed by atoms with Gasteiger partial charge in [-0.2, -0.15) is 0 Å². The molecule has 1 heterocycles. The van der Waals surface area contributed by atoms with E-state index in [1.54, 1.807) is 6.20 Å². The third-order valence-electron chi connectivity index (χ3n) is 3.00. The van der Waals surface area contributed by atoms with Crippen molar-refractivity contribution < 1.29 is 13.9 Å². The highest BCUT2D eigenvalue weighted by molar-refractivity contribution is 5.95. The van der Waals surface area contributed by atoms with Crippen LogP contribution in [0.15, 0.2) is 30.6 Å². The summed E-state index contributed by atoms with van der Waals surface area (Å²) in [4.78, 5) is 15.9. The Balaban J connectivity index is 2.29. The second-order valence-corrected chi connectivity index (χ2v) is 4.44. The van der Waals surface area contributed by atoms with E-state index in [4.69, 9.17) is 0 Å². The molecule has 0 amide bonds. The number of halogens is 1. The lowest BCUT2D eigenvalue weighted by atomic mass is 10.1. The molecule has 5 nitrogen and oxygen atoms in total. The maximum atomic E-state index is 13.3. The lowest BCUT2D eigenvalue weighted by Gasteiger charge is -2.17. The van der Waals surface area contributed by atoms with Crippen molar-refractivity contribution in [3.8, 4) is 0 Å². The number of anilines is 1. The predicted octanol–water partition coefficient (Wildman–Crippen LogP) is 2.52. The largest absolute Gasteiger partial charge is 0.465 e. The van der Waals surface area contributed by atoms with E-state index in [9.17, 15) is 9.18 Å². The number of aryl methyl sites for hydroxylation is 1. The summed E-state index contributed by atoms with van der Waals surface area (Å²) in [6.45, 7) is 1.91. The van der Waals surface area contributed by atoms with Gasteiger partial charge in [-0.05, 0) is 25.1 Å². The topological polar surface area (TPSA) is 56.1 Å². The zero-order valence-electron chi connectivity index (χ0n) is 11.6. The summed E-state index contributed by atoms with van der Waals surface area (Å²) < 4.78 is 19.8. The van der Waals surface area contributed by atoms with Crippen LogP contribution in [0.5, 0.6) is 0 Å². The van der Waals surface area contributed by atoms with Crippen LogP contribution >= 0.6 is 0 Å². The molecule has 106 valence electrons. The van der Waals surface area contributed by atoms with Crippen molar-refractivity contribution in [1.29, 1.82) is 0 Å². The van der Waals surface area contributed by atoms with Gasteiger partial charge in [0.2, 0.25) is 0 Å². The Morgan fingerprint density at radius 3 is 2.85 bits per heavy atom. The number of imidazole rings is 1. The van der Waals surface area contributed by atoms with Crippen molar-refractivity contribution in [2.45, 2.75) is 13.0 Å². The molecule has 0 saturated carbocycles. The molecule has 0 radical (unpaired) electrons. The molecule has 20 heavy (non-hydrogen) atoms. The maximum Gasteiger partial charge on any atom is 0.340 e. The quantitative estimate of drug-likeness (QED) is 0.872. The Morgan fingerprint density at radius 2 is 2.25 bits per heavy atom. The van der Waals surface area contributed by atoms with Crippen LogP contribution in [0, 0.1) is 5.82 Å². The highest BCUT2D eigenvalue weighted by Gasteiger charge is 2.17. The van der Waals surface area contributed by atoms with Gasteiger partial charge in [-0.25, -0.2) is 14.2 Å². The molecule has 0 spiro atoms. The highest BCUT2D eigenvalue weighted by Crippen LogP contribution is 2.23. The first-order valence-corrected chi connectivity index (χ1v) is 6.14. The number of hydrogen-bond acceptors (Lipinski definition) is 4. The first-order chi connectivity index (χ1) is 9.52. The Bertz CT molecular complexity index is 625. The zero-order chi connectivity index (χ0) is 14.7. The number of nitrogens with one attached hydrogen (secondary N) is 1. The molecule has 0 aliphatic heterocycles. The van der Waals surface area contributed by atoms with E-state index in [0.29, 0.717) is 5.69 Å². The summed E-state index contributed by atoms with van der Waals surface area (Å²) in [5.41, 5.74) is 0.669. The molecule has 0 fully saturated rings. The van der Waals surface area contributed by atoms with Crippen molar-refractivity contribution in [2.24, 2.45) is 7.05 Å². The number of carbonyl (C=O) groups is 1. The number of carbonyl (C=O) groups excluding carboxylic acids is 1. The van der Waals surface area contributed by atoms with E-state index in [0.717, 1.165) is 11.9 Å². The number of benzene rings is 1. The third-order valence-corrected chi connectivity index (χ3v) is 3.00. The Labute approximate surface area is 116 Å². The molecule has 1 aromatic heterocycles. The number of methoxy groups -OCH3 is 1. The monoisotopic (exact) mass is 277 g/mol. The molecule has 0 aliphatic carbocycles. The lowest BCUT2D eigenvalue weighted by Crippen LogP contribution is -2.15. The first kappa shape index (κ1) is 14.0. The van der Waals surface area contributed by atoms with Gasteiger partial charge in [0.05, 0.1) is 18.7 Å². The van der Waals surface area contributed by atoms with Gasteiger partial charge in [0.15, 0.2) is 0 Å². The molecule has 0 aliphatic rings. The molecule has 1 unspecified atom stereocenters. The van der Waals surface area contributed by atoms with E-state index in [-0.39, 0.29) is 11.6 Å². The summed E-state index contributed by atoms with van der Waals surface area (Å²) in [5.74, 6) is -0.259. The Kier molecular flexibility index (Phi) is 4.02. The smallest absolute Gasteiger partial charge is 0.340 e. The molecule has 1 atom stereocenters. The minimum absolute atomic E-state index is 0.135. The van der Waals surface area contributed by atoms with Crippen molar-refractivity contribution in [3.63, 3.8) is 0 Å². The number of esters is 1. The fraction of sp³-hybridized carbons (Fsp3) is 0.286. The summed E-state index contributed by atoms with van der Waals surface area (Å²) in [6, 6.07) is 3.82. The van der Waals surface area contributed by atoms with E-state index in [1.807, 2.05) is 24.7 Å². The summed E-state index contributed by atoms with van der Waals surface area (Å²) >= 11 is 0. The summed E-state index contributed by atoms with van der Waals surface area (Å²) in [6.07, 6.45) is 3.53. The van der Waals surface area contributed by atoms with Gasteiger partial charge in [0.1, 0.15) is 11.6 Å². The second-order valence-electron chi connectivity index (χ2n) is 4.44. The van der Waals surface area contributed by atoms with Crippen molar-refractivity contribution in [3.05, 3.63) is 47.8 Å². The molecular weight excluding hydrogens is 261 g/mol. The maximum absolute atomic E-state index is 13.3. The Morgan fingerprint density at radius 1 is 1.50 bits per heavy atom. The van der Waals surface area contributed by atoms with Gasteiger partial charge in [-0.1, -0.05) is 0 Å². The van der Waals surface area contributed by atoms with Crippen LogP contribution in [0.25, 0.3) is 0 Å². The van der Waals surface area contributed by atoms with Crippen LogP contribution in [-0.2, 0) is 11.8 Å². The molecule has 6 heteroatoms. The number of aromatic nitrogens is 2. The zero-order valence-corrected chi connectivity index (χ0v) is 11.6. The molecule has 2 aromatic rings. The van der Waals surface area contributed by atoms with Gasteiger partial charge >= 0.3 is 5.97 Å². The van der Waals surface area contributed by atoms with E-state index < -0.39 is 11.8 Å². The number of rotatable bonds is 4. The first-order valence-electron chi connectivity index (χ1n) is 6.14. The SMILES string of the molecule is COC(=O)c1cc(F)ccc1NC(C)c1nccn1C. The fourth-order valence-corrected chi connectivity index (χ4v) is 2.01. The molecular formula is C14H16FN3O2. The van der Waals surface area contributed by atoms with Gasteiger partial charge in [0.25, 0.3) is 0 Å². The number of nitrogens with zero attached hydrogens (tertiary/aromatic N) is 2.